The Bertz CT molecular complexity index is 473. The first-order valence-corrected chi connectivity index (χ1v) is 7.47. The summed E-state index contributed by atoms with van der Waals surface area (Å²) in [5, 5.41) is 16.1. The van der Waals surface area contributed by atoms with Gasteiger partial charge in [0, 0.05) is 6.54 Å². The second-order valence-corrected chi connectivity index (χ2v) is 6.78. The first kappa shape index (κ1) is 13.4. The lowest BCUT2D eigenvalue weighted by Crippen LogP contribution is -2.36. The van der Waals surface area contributed by atoms with Crippen molar-refractivity contribution in [1.82, 2.24) is 14.7 Å². The van der Waals surface area contributed by atoms with Gasteiger partial charge in [-0.25, -0.2) is 0 Å². The molecule has 3 unspecified atom stereocenters. The molecule has 3 atom stereocenters. The molecule has 1 aromatic heterocycles. The molecule has 5 heteroatoms. The average Bonchev–Trinajstić information content (AvgIpc) is 3.00. The standard InChI is InChI=1S/C14H22ClN3O/c1-17(2)5-6-18-13(12(15)9-16-18)14(19)8-10-3-4-11(14)7-10/h9-11,19H,3-8H2,1-2H3. The predicted octanol–water partition coefficient (Wildman–Crippen LogP) is 2.11. The van der Waals surface area contributed by atoms with Crippen LogP contribution in [0, 0.1) is 11.8 Å². The van der Waals surface area contributed by atoms with Gasteiger partial charge in [-0.15, -0.1) is 0 Å². The molecule has 1 N–H and O–H groups in total. The van der Waals surface area contributed by atoms with Crippen molar-refractivity contribution in [2.24, 2.45) is 11.8 Å². The maximum absolute atomic E-state index is 11.1. The van der Waals surface area contributed by atoms with Crippen molar-refractivity contribution in [2.75, 3.05) is 20.6 Å². The molecule has 3 rings (SSSR count). The third-order valence-corrected chi connectivity index (χ3v) is 5.06. The van der Waals surface area contributed by atoms with E-state index in [1.165, 1.54) is 6.42 Å². The minimum atomic E-state index is -0.747. The molecule has 0 radical (unpaired) electrons. The van der Waals surface area contributed by atoms with E-state index in [4.69, 9.17) is 11.6 Å². The molecule has 0 aromatic carbocycles. The molecule has 106 valence electrons. The number of rotatable bonds is 4. The second kappa shape index (κ2) is 4.76. The summed E-state index contributed by atoms with van der Waals surface area (Å²) in [4.78, 5) is 2.12. The zero-order valence-corrected chi connectivity index (χ0v) is 12.4. The van der Waals surface area contributed by atoms with Crippen LogP contribution in [0.15, 0.2) is 6.20 Å². The van der Waals surface area contributed by atoms with Crippen molar-refractivity contribution in [2.45, 2.75) is 37.8 Å². The molecule has 0 amide bonds. The topological polar surface area (TPSA) is 41.3 Å². The molecule has 2 bridgehead atoms. The third-order valence-electron chi connectivity index (χ3n) is 4.78. The minimum Gasteiger partial charge on any atom is -0.383 e. The smallest absolute Gasteiger partial charge is 0.111 e. The van der Waals surface area contributed by atoms with E-state index in [2.05, 4.69) is 10.00 Å². The van der Waals surface area contributed by atoms with E-state index >= 15 is 0 Å². The van der Waals surface area contributed by atoms with Crippen LogP contribution in [0.5, 0.6) is 0 Å². The monoisotopic (exact) mass is 283 g/mol. The lowest BCUT2D eigenvalue weighted by Gasteiger charge is -2.33. The first-order chi connectivity index (χ1) is 9.00. The highest BCUT2D eigenvalue weighted by atomic mass is 35.5. The van der Waals surface area contributed by atoms with Gasteiger partial charge in [0.1, 0.15) is 5.60 Å². The van der Waals surface area contributed by atoms with Crippen LogP contribution in [0.2, 0.25) is 5.02 Å². The van der Waals surface area contributed by atoms with E-state index in [9.17, 15) is 5.11 Å². The Kier molecular flexibility index (Phi) is 3.36. The van der Waals surface area contributed by atoms with Crippen molar-refractivity contribution >= 4 is 11.6 Å². The maximum atomic E-state index is 11.1. The molecule has 1 aromatic rings. The van der Waals surface area contributed by atoms with Gasteiger partial charge in [-0.3, -0.25) is 4.68 Å². The zero-order chi connectivity index (χ0) is 13.6. The van der Waals surface area contributed by atoms with Gasteiger partial charge in [-0.2, -0.15) is 5.10 Å². The predicted molar refractivity (Wildman–Crippen MR) is 75.1 cm³/mol. The Morgan fingerprint density at radius 1 is 1.53 bits per heavy atom. The first-order valence-electron chi connectivity index (χ1n) is 7.09. The van der Waals surface area contributed by atoms with Crippen LogP contribution in [-0.4, -0.2) is 40.4 Å². The van der Waals surface area contributed by atoms with Crippen LogP contribution >= 0.6 is 11.6 Å². The molecular weight excluding hydrogens is 262 g/mol. The van der Waals surface area contributed by atoms with Gasteiger partial charge in [0.2, 0.25) is 0 Å². The molecule has 1 heterocycles. The quantitative estimate of drug-likeness (QED) is 0.920. The van der Waals surface area contributed by atoms with Gasteiger partial charge in [0.15, 0.2) is 0 Å². The Labute approximate surface area is 119 Å². The fraction of sp³-hybridized carbons (Fsp3) is 0.786. The lowest BCUT2D eigenvalue weighted by molar-refractivity contribution is -0.0262. The van der Waals surface area contributed by atoms with Crippen molar-refractivity contribution < 1.29 is 5.11 Å². The van der Waals surface area contributed by atoms with Gasteiger partial charge in [-0.1, -0.05) is 11.6 Å². The van der Waals surface area contributed by atoms with Crippen LogP contribution in [0.1, 0.15) is 31.4 Å². The summed E-state index contributed by atoms with van der Waals surface area (Å²) in [5.41, 5.74) is 0.103. The van der Waals surface area contributed by atoms with E-state index < -0.39 is 5.60 Å². The highest BCUT2D eigenvalue weighted by Crippen LogP contribution is 2.56. The Morgan fingerprint density at radius 2 is 2.32 bits per heavy atom. The summed E-state index contributed by atoms with van der Waals surface area (Å²) in [6.45, 7) is 1.67. The Balaban J connectivity index is 1.89. The maximum Gasteiger partial charge on any atom is 0.111 e. The fourth-order valence-electron chi connectivity index (χ4n) is 3.85. The summed E-state index contributed by atoms with van der Waals surface area (Å²) in [6.07, 6.45) is 6.06. The summed E-state index contributed by atoms with van der Waals surface area (Å²) < 4.78 is 1.91. The molecule has 2 aliphatic rings. The molecule has 2 aliphatic carbocycles. The molecular formula is C14H22ClN3O. The zero-order valence-electron chi connectivity index (χ0n) is 11.6. The lowest BCUT2D eigenvalue weighted by atomic mass is 9.81. The summed E-state index contributed by atoms with van der Waals surface area (Å²) in [6, 6.07) is 0. The largest absolute Gasteiger partial charge is 0.383 e. The van der Waals surface area contributed by atoms with Crippen molar-refractivity contribution in [3.8, 4) is 0 Å². The fourth-order valence-corrected chi connectivity index (χ4v) is 4.15. The molecule has 2 fully saturated rings. The van der Waals surface area contributed by atoms with Gasteiger partial charge in [-0.05, 0) is 51.6 Å². The van der Waals surface area contributed by atoms with Crippen molar-refractivity contribution in [1.29, 1.82) is 0 Å². The number of likely N-dealkylation sites (N-methyl/N-ethyl adjacent to an activating group) is 1. The van der Waals surface area contributed by atoms with E-state index in [1.807, 2.05) is 18.8 Å². The van der Waals surface area contributed by atoms with Crippen LogP contribution in [0.3, 0.4) is 0 Å². The summed E-state index contributed by atoms with van der Waals surface area (Å²) >= 11 is 6.31. The average molecular weight is 284 g/mol. The normalized spacial score (nSPS) is 33.5. The highest BCUT2D eigenvalue weighted by Gasteiger charge is 2.53. The van der Waals surface area contributed by atoms with E-state index in [0.29, 0.717) is 16.9 Å². The van der Waals surface area contributed by atoms with Gasteiger partial charge < -0.3 is 10.0 Å². The number of nitrogens with zero attached hydrogens (tertiary/aromatic N) is 3. The summed E-state index contributed by atoms with van der Waals surface area (Å²) in [5.74, 6) is 1.04. The molecule has 19 heavy (non-hydrogen) atoms. The number of aliphatic hydroxyl groups is 1. The van der Waals surface area contributed by atoms with E-state index in [1.54, 1.807) is 6.20 Å². The second-order valence-electron chi connectivity index (χ2n) is 6.37. The molecule has 0 aliphatic heterocycles. The van der Waals surface area contributed by atoms with Gasteiger partial charge >= 0.3 is 0 Å². The van der Waals surface area contributed by atoms with E-state index in [0.717, 1.165) is 38.0 Å². The van der Waals surface area contributed by atoms with Crippen LogP contribution in [-0.2, 0) is 12.1 Å². The summed E-state index contributed by atoms with van der Waals surface area (Å²) in [7, 11) is 4.08. The number of hydrogen-bond donors (Lipinski definition) is 1. The van der Waals surface area contributed by atoms with Gasteiger partial charge in [0.25, 0.3) is 0 Å². The van der Waals surface area contributed by atoms with Crippen molar-refractivity contribution in [3.05, 3.63) is 16.9 Å². The van der Waals surface area contributed by atoms with Crippen LogP contribution in [0.4, 0.5) is 0 Å². The highest BCUT2D eigenvalue weighted by molar-refractivity contribution is 6.31. The van der Waals surface area contributed by atoms with E-state index in [-0.39, 0.29) is 0 Å². The minimum absolute atomic E-state index is 0.366. The Morgan fingerprint density at radius 3 is 2.89 bits per heavy atom. The van der Waals surface area contributed by atoms with Crippen molar-refractivity contribution in [3.63, 3.8) is 0 Å². The van der Waals surface area contributed by atoms with Gasteiger partial charge in [0.05, 0.1) is 23.5 Å². The number of halogens is 1. The van der Waals surface area contributed by atoms with Crippen LogP contribution in [0.25, 0.3) is 0 Å². The Hall–Kier alpha value is -0.580. The molecule has 0 spiro atoms. The number of fused-ring (bicyclic) bond motifs is 2. The number of hydrogen-bond acceptors (Lipinski definition) is 3. The molecule has 2 saturated carbocycles. The SMILES string of the molecule is CN(C)CCn1ncc(Cl)c1C1(O)CC2CCC1C2. The molecule has 4 nitrogen and oxygen atoms in total. The third kappa shape index (κ3) is 2.20. The van der Waals surface area contributed by atoms with Crippen LogP contribution < -0.4 is 0 Å². The molecule has 0 saturated heterocycles. The number of aromatic nitrogens is 2.